The third-order valence-electron chi connectivity index (χ3n) is 3.80. The molecule has 1 aliphatic heterocycles. The fourth-order valence-electron chi connectivity index (χ4n) is 2.50. The van der Waals surface area contributed by atoms with E-state index in [1.165, 1.54) is 0 Å². The minimum Gasteiger partial charge on any atom is -0.491 e. The molecule has 0 radical (unpaired) electrons. The Morgan fingerprint density at radius 1 is 1.17 bits per heavy atom. The van der Waals surface area contributed by atoms with Gasteiger partial charge in [0.25, 0.3) is 5.91 Å². The third-order valence-corrected chi connectivity index (χ3v) is 3.80. The van der Waals surface area contributed by atoms with E-state index in [1.807, 2.05) is 30.3 Å². The Hall–Kier alpha value is -2.67. The summed E-state index contributed by atoms with van der Waals surface area (Å²) in [4.78, 5) is 21.5. The van der Waals surface area contributed by atoms with Gasteiger partial charge in [-0.2, -0.15) is 0 Å². The zero-order valence-electron chi connectivity index (χ0n) is 13.2. The standard InChI is InChI=1S/C17H19N3O4/c21-15(11-23-16-18-8-4-9-19-16)20-10-7-17(22,12-20)13-24-14-5-2-1-3-6-14/h1-6,8-9,22H,7,10-13H2/t17-/m0/s1. The van der Waals surface area contributed by atoms with Gasteiger partial charge in [-0.05, 0) is 24.6 Å². The number of hydrogen-bond donors (Lipinski definition) is 1. The number of amides is 1. The zero-order valence-corrected chi connectivity index (χ0v) is 13.2. The molecule has 0 saturated carbocycles. The minimum atomic E-state index is -1.05. The molecule has 1 aromatic heterocycles. The van der Waals surface area contributed by atoms with Crippen LogP contribution in [0.15, 0.2) is 48.8 Å². The second-order valence-corrected chi connectivity index (χ2v) is 5.71. The molecular formula is C17H19N3O4. The first-order chi connectivity index (χ1) is 11.6. The van der Waals surface area contributed by atoms with Crippen LogP contribution in [0.3, 0.4) is 0 Å². The summed E-state index contributed by atoms with van der Waals surface area (Å²) in [6.45, 7) is 0.674. The summed E-state index contributed by atoms with van der Waals surface area (Å²) in [6, 6.07) is 11.1. The molecule has 3 rings (SSSR count). The van der Waals surface area contributed by atoms with Crippen molar-refractivity contribution < 1.29 is 19.4 Å². The van der Waals surface area contributed by atoms with Crippen molar-refractivity contribution in [1.82, 2.24) is 14.9 Å². The molecule has 7 heteroatoms. The number of likely N-dealkylation sites (tertiary alicyclic amines) is 1. The Morgan fingerprint density at radius 2 is 1.92 bits per heavy atom. The van der Waals surface area contributed by atoms with Gasteiger partial charge in [0.2, 0.25) is 0 Å². The molecule has 1 amide bonds. The van der Waals surface area contributed by atoms with Crippen molar-refractivity contribution in [3.63, 3.8) is 0 Å². The van der Waals surface area contributed by atoms with Crippen molar-refractivity contribution in [2.24, 2.45) is 0 Å². The first-order valence-corrected chi connectivity index (χ1v) is 7.72. The topological polar surface area (TPSA) is 84.8 Å². The minimum absolute atomic E-state index is 0.142. The van der Waals surface area contributed by atoms with Crippen molar-refractivity contribution in [2.75, 3.05) is 26.3 Å². The Kier molecular flexibility index (Phi) is 4.90. The monoisotopic (exact) mass is 329 g/mol. The quantitative estimate of drug-likeness (QED) is 0.847. The van der Waals surface area contributed by atoms with Gasteiger partial charge in [0.1, 0.15) is 18.0 Å². The maximum atomic E-state index is 12.2. The number of ether oxygens (including phenoxy) is 2. The van der Waals surface area contributed by atoms with Gasteiger partial charge in [-0.3, -0.25) is 4.79 Å². The number of aliphatic hydroxyl groups is 1. The van der Waals surface area contributed by atoms with Crippen LogP contribution in [0.5, 0.6) is 11.8 Å². The van der Waals surface area contributed by atoms with E-state index in [-0.39, 0.29) is 31.7 Å². The number of para-hydroxylation sites is 1. The fourth-order valence-corrected chi connectivity index (χ4v) is 2.50. The van der Waals surface area contributed by atoms with Gasteiger partial charge in [0.15, 0.2) is 6.61 Å². The van der Waals surface area contributed by atoms with E-state index in [4.69, 9.17) is 9.47 Å². The molecule has 1 atom stereocenters. The average molecular weight is 329 g/mol. The molecule has 24 heavy (non-hydrogen) atoms. The fraction of sp³-hybridized carbons (Fsp3) is 0.353. The molecule has 1 fully saturated rings. The Labute approximate surface area is 139 Å². The summed E-state index contributed by atoms with van der Waals surface area (Å²) in [7, 11) is 0. The molecule has 1 N–H and O–H groups in total. The lowest BCUT2D eigenvalue weighted by molar-refractivity contribution is -0.133. The summed E-state index contributed by atoms with van der Waals surface area (Å²) in [5, 5.41) is 10.6. The van der Waals surface area contributed by atoms with Crippen LogP contribution in [0.2, 0.25) is 0 Å². The summed E-state index contributed by atoms with van der Waals surface area (Å²) < 4.78 is 10.9. The number of nitrogens with zero attached hydrogens (tertiary/aromatic N) is 3. The molecule has 0 aliphatic carbocycles. The maximum Gasteiger partial charge on any atom is 0.316 e. The molecule has 1 aromatic carbocycles. The van der Waals surface area contributed by atoms with Gasteiger partial charge in [-0.1, -0.05) is 18.2 Å². The normalized spacial score (nSPS) is 20.0. The van der Waals surface area contributed by atoms with Gasteiger partial charge in [-0.15, -0.1) is 0 Å². The number of benzene rings is 1. The Morgan fingerprint density at radius 3 is 2.67 bits per heavy atom. The van der Waals surface area contributed by atoms with Gasteiger partial charge in [0.05, 0.1) is 6.54 Å². The van der Waals surface area contributed by atoms with Crippen LogP contribution in [0, 0.1) is 0 Å². The zero-order chi connectivity index (χ0) is 16.8. The van der Waals surface area contributed by atoms with Gasteiger partial charge < -0.3 is 19.5 Å². The highest BCUT2D eigenvalue weighted by atomic mass is 16.5. The van der Waals surface area contributed by atoms with E-state index in [0.717, 1.165) is 0 Å². The van der Waals surface area contributed by atoms with Crippen molar-refractivity contribution in [3.8, 4) is 11.8 Å². The molecule has 0 unspecified atom stereocenters. The van der Waals surface area contributed by atoms with Crippen LogP contribution in [0.25, 0.3) is 0 Å². The highest BCUT2D eigenvalue weighted by molar-refractivity contribution is 5.78. The molecule has 7 nitrogen and oxygen atoms in total. The van der Waals surface area contributed by atoms with Crippen LogP contribution in [0.4, 0.5) is 0 Å². The number of β-amino-alcohol motifs (C(OH)–C–C–N with tert-alkyl or cyclic N) is 1. The number of rotatable bonds is 6. The maximum absolute atomic E-state index is 12.2. The van der Waals surface area contributed by atoms with E-state index in [2.05, 4.69) is 9.97 Å². The van der Waals surface area contributed by atoms with Crippen molar-refractivity contribution >= 4 is 5.91 Å². The highest BCUT2D eigenvalue weighted by Crippen LogP contribution is 2.23. The average Bonchev–Trinajstić information content (AvgIpc) is 3.03. The summed E-state index contributed by atoms with van der Waals surface area (Å²) >= 11 is 0. The molecular weight excluding hydrogens is 310 g/mol. The second kappa shape index (κ2) is 7.27. The van der Waals surface area contributed by atoms with Crippen LogP contribution >= 0.6 is 0 Å². The number of carbonyl (C=O) groups excluding carboxylic acids is 1. The van der Waals surface area contributed by atoms with Crippen molar-refractivity contribution in [3.05, 3.63) is 48.8 Å². The Balaban J connectivity index is 1.47. The van der Waals surface area contributed by atoms with E-state index in [1.54, 1.807) is 23.4 Å². The van der Waals surface area contributed by atoms with Crippen LogP contribution in [0.1, 0.15) is 6.42 Å². The number of carbonyl (C=O) groups is 1. The number of hydrogen-bond acceptors (Lipinski definition) is 6. The molecule has 2 heterocycles. The third kappa shape index (κ3) is 4.20. The largest absolute Gasteiger partial charge is 0.491 e. The predicted molar refractivity (Wildman–Crippen MR) is 85.6 cm³/mol. The molecule has 1 aliphatic rings. The van der Waals surface area contributed by atoms with E-state index >= 15 is 0 Å². The number of aromatic nitrogens is 2. The van der Waals surface area contributed by atoms with Gasteiger partial charge in [0, 0.05) is 18.9 Å². The second-order valence-electron chi connectivity index (χ2n) is 5.71. The van der Waals surface area contributed by atoms with Crippen LogP contribution in [-0.2, 0) is 4.79 Å². The molecule has 0 spiro atoms. The SMILES string of the molecule is O=C(COc1ncccn1)N1CC[C@@](O)(COc2ccccc2)C1. The summed E-state index contributed by atoms with van der Waals surface area (Å²) in [6.07, 6.45) is 3.55. The summed E-state index contributed by atoms with van der Waals surface area (Å²) in [5.41, 5.74) is -1.05. The first kappa shape index (κ1) is 16.2. The summed E-state index contributed by atoms with van der Waals surface area (Å²) in [5.74, 6) is 0.485. The van der Waals surface area contributed by atoms with E-state index in [0.29, 0.717) is 18.7 Å². The molecule has 2 aromatic rings. The van der Waals surface area contributed by atoms with Gasteiger partial charge >= 0.3 is 6.01 Å². The van der Waals surface area contributed by atoms with E-state index in [9.17, 15) is 9.90 Å². The van der Waals surface area contributed by atoms with E-state index < -0.39 is 5.60 Å². The smallest absolute Gasteiger partial charge is 0.316 e. The van der Waals surface area contributed by atoms with Crippen LogP contribution < -0.4 is 9.47 Å². The van der Waals surface area contributed by atoms with Crippen LogP contribution in [-0.4, -0.2) is 57.8 Å². The predicted octanol–water partition coefficient (Wildman–Crippen LogP) is 0.898. The molecule has 0 bridgehead atoms. The molecule has 126 valence electrons. The lowest BCUT2D eigenvalue weighted by Gasteiger charge is -2.23. The Bertz CT molecular complexity index is 668. The van der Waals surface area contributed by atoms with Crippen molar-refractivity contribution in [1.29, 1.82) is 0 Å². The highest BCUT2D eigenvalue weighted by Gasteiger charge is 2.39. The first-order valence-electron chi connectivity index (χ1n) is 7.72. The van der Waals surface area contributed by atoms with Gasteiger partial charge in [-0.25, -0.2) is 9.97 Å². The van der Waals surface area contributed by atoms with Crippen molar-refractivity contribution in [2.45, 2.75) is 12.0 Å². The molecule has 1 saturated heterocycles. The lowest BCUT2D eigenvalue weighted by Crippen LogP contribution is -2.41. The lowest BCUT2D eigenvalue weighted by atomic mass is 10.1.